The normalized spacial score (nSPS) is 9.75. The number of nitrogens with zero attached hydrogens (tertiary/aromatic N) is 1. The minimum atomic E-state index is 0. The standard InChI is InChI=1S/C16H20BrN3O2.2ClH/c1-2-18-9-10-19-15(21)7-8-16-20-11-14(22-16)12-5-3-4-6-13(12)17;;/h3-6,11,18H,2,7-10H2,1H3,(H,19,21);2*1H. The molecule has 2 rings (SSSR count). The number of likely N-dealkylation sites (N-methyl/N-ethyl adjacent to an activating group) is 1. The van der Waals surface area contributed by atoms with E-state index in [2.05, 4.69) is 31.5 Å². The lowest BCUT2D eigenvalue weighted by molar-refractivity contribution is -0.121. The monoisotopic (exact) mass is 437 g/mol. The molecule has 0 atom stereocenters. The van der Waals surface area contributed by atoms with E-state index < -0.39 is 0 Å². The van der Waals surface area contributed by atoms with Crippen LogP contribution < -0.4 is 10.6 Å². The maximum Gasteiger partial charge on any atom is 0.220 e. The van der Waals surface area contributed by atoms with Crippen LogP contribution in [0.25, 0.3) is 11.3 Å². The largest absolute Gasteiger partial charge is 0.441 e. The van der Waals surface area contributed by atoms with Gasteiger partial charge in [0.1, 0.15) is 0 Å². The van der Waals surface area contributed by atoms with Crippen LogP contribution in [-0.2, 0) is 11.2 Å². The van der Waals surface area contributed by atoms with Gasteiger partial charge in [0.05, 0.1) is 6.20 Å². The van der Waals surface area contributed by atoms with E-state index in [0.29, 0.717) is 31.0 Å². The summed E-state index contributed by atoms with van der Waals surface area (Å²) in [7, 11) is 0. The highest BCUT2D eigenvalue weighted by molar-refractivity contribution is 9.10. The smallest absolute Gasteiger partial charge is 0.220 e. The number of carbonyl (C=O) groups is 1. The van der Waals surface area contributed by atoms with Crippen molar-refractivity contribution in [3.05, 3.63) is 40.8 Å². The van der Waals surface area contributed by atoms with Gasteiger partial charge < -0.3 is 15.1 Å². The van der Waals surface area contributed by atoms with Gasteiger partial charge in [-0.3, -0.25) is 4.79 Å². The third kappa shape index (κ3) is 7.21. The average molecular weight is 439 g/mol. The number of halogens is 3. The fourth-order valence-corrected chi connectivity index (χ4v) is 2.47. The Balaban J connectivity index is 0.00000264. The van der Waals surface area contributed by atoms with Gasteiger partial charge >= 0.3 is 0 Å². The maximum absolute atomic E-state index is 11.7. The van der Waals surface area contributed by atoms with Crippen molar-refractivity contribution in [1.82, 2.24) is 15.6 Å². The van der Waals surface area contributed by atoms with Gasteiger partial charge in [0, 0.05) is 36.0 Å². The summed E-state index contributed by atoms with van der Waals surface area (Å²) in [5.74, 6) is 1.29. The number of benzene rings is 1. The summed E-state index contributed by atoms with van der Waals surface area (Å²) < 4.78 is 6.67. The molecule has 1 heterocycles. The predicted molar refractivity (Wildman–Crippen MR) is 104 cm³/mol. The number of hydrogen-bond acceptors (Lipinski definition) is 4. The zero-order valence-corrected chi connectivity index (χ0v) is 16.6. The Morgan fingerprint density at radius 2 is 2.00 bits per heavy atom. The molecule has 0 saturated carbocycles. The van der Waals surface area contributed by atoms with Crippen molar-refractivity contribution in [2.45, 2.75) is 19.8 Å². The molecular weight excluding hydrogens is 417 g/mol. The second kappa shape index (κ2) is 12.3. The fraction of sp³-hybridized carbons (Fsp3) is 0.375. The lowest BCUT2D eigenvalue weighted by Crippen LogP contribution is -2.31. The highest BCUT2D eigenvalue weighted by Gasteiger charge is 2.10. The number of oxazole rings is 1. The number of carbonyl (C=O) groups excluding carboxylic acids is 1. The van der Waals surface area contributed by atoms with Gasteiger partial charge in [-0.2, -0.15) is 0 Å². The number of aryl methyl sites for hydroxylation is 1. The highest BCUT2D eigenvalue weighted by Crippen LogP contribution is 2.28. The van der Waals surface area contributed by atoms with Crippen molar-refractivity contribution >= 4 is 46.7 Å². The summed E-state index contributed by atoms with van der Waals surface area (Å²) in [5, 5.41) is 6.01. The molecule has 0 radical (unpaired) electrons. The molecular formula is C16H22BrCl2N3O2. The van der Waals surface area contributed by atoms with Crippen molar-refractivity contribution in [2.24, 2.45) is 0 Å². The van der Waals surface area contributed by atoms with Crippen LogP contribution in [0.1, 0.15) is 19.2 Å². The Hall–Kier alpha value is -1.08. The third-order valence-electron chi connectivity index (χ3n) is 3.13. The summed E-state index contributed by atoms with van der Waals surface area (Å²) in [5.41, 5.74) is 0.955. The second-order valence-electron chi connectivity index (χ2n) is 4.80. The molecule has 8 heteroatoms. The predicted octanol–water partition coefficient (Wildman–Crippen LogP) is 3.61. The Morgan fingerprint density at radius 3 is 2.71 bits per heavy atom. The van der Waals surface area contributed by atoms with E-state index in [9.17, 15) is 4.79 Å². The first-order chi connectivity index (χ1) is 10.7. The number of amides is 1. The molecule has 24 heavy (non-hydrogen) atoms. The van der Waals surface area contributed by atoms with Gasteiger partial charge in [0.2, 0.25) is 5.91 Å². The van der Waals surface area contributed by atoms with Crippen LogP contribution >= 0.6 is 40.7 Å². The van der Waals surface area contributed by atoms with E-state index in [1.807, 2.05) is 31.2 Å². The van der Waals surface area contributed by atoms with Gasteiger partial charge in [-0.1, -0.05) is 41.1 Å². The Bertz CT molecular complexity index is 623. The van der Waals surface area contributed by atoms with Crippen LogP contribution in [0.5, 0.6) is 0 Å². The molecule has 1 aromatic carbocycles. The lowest BCUT2D eigenvalue weighted by Gasteiger charge is -2.04. The molecule has 134 valence electrons. The molecule has 0 unspecified atom stereocenters. The molecule has 1 amide bonds. The summed E-state index contributed by atoms with van der Waals surface area (Å²) in [6.07, 6.45) is 2.57. The minimum absolute atomic E-state index is 0. The quantitative estimate of drug-likeness (QED) is 0.617. The molecule has 2 aromatic rings. The first-order valence-electron chi connectivity index (χ1n) is 7.37. The van der Waals surface area contributed by atoms with Crippen LogP contribution in [0.15, 0.2) is 39.4 Å². The van der Waals surface area contributed by atoms with Gasteiger partial charge in [-0.05, 0) is 12.6 Å². The fourth-order valence-electron chi connectivity index (χ4n) is 1.99. The Labute approximate surface area is 162 Å². The minimum Gasteiger partial charge on any atom is -0.441 e. The lowest BCUT2D eigenvalue weighted by atomic mass is 10.2. The summed E-state index contributed by atoms with van der Waals surface area (Å²) in [6, 6.07) is 7.81. The van der Waals surface area contributed by atoms with Crippen LogP contribution in [-0.4, -0.2) is 30.5 Å². The summed E-state index contributed by atoms with van der Waals surface area (Å²) >= 11 is 3.49. The maximum atomic E-state index is 11.7. The molecule has 2 N–H and O–H groups in total. The number of hydrogen-bond donors (Lipinski definition) is 2. The molecule has 5 nitrogen and oxygen atoms in total. The van der Waals surface area contributed by atoms with Crippen molar-refractivity contribution in [3.63, 3.8) is 0 Å². The SMILES string of the molecule is CCNCCNC(=O)CCc1ncc(-c2ccccc2Br)o1.Cl.Cl. The van der Waals surface area contributed by atoms with Crippen LogP contribution in [0.3, 0.4) is 0 Å². The van der Waals surface area contributed by atoms with Gasteiger partial charge in [0.25, 0.3) is 0 Å². The first kappa shape index (κ1) is 22.9. The van der Waals surface area contributed by atoms with E-state index in [1.54, 1.807) is 6.20 Å². The van der Waals surface area contributed by atoms with Crippen LogP contribution in [0, 0.1) is 0 Å². The van der Waals surface area contributed by atoms with Crippen molar-refractivity contribution in [2.75, 3.05) is 19.6 Å². The third-order valence-corrected chi connectivity index (χ3v) is 3.82. The van der Waals surface area contributed by atoms with Gasteiger partial charge in [0.15, 0.2) is 11.7 Å². The summed E-state index contributed by atoms with van der Waals surface area (Å²) in [4.78, 5) is 15.9. The Morgan fingerprint density at radius 1 is 1.25 bits per heavy atom. The number of nitrogens with one attached hydrogen (secondary N) is 2. The van der Waals surface area contributed by atoms with E-state index in [-0.39, 0.29) is 30.7 Å². The zero-order valence-electron chi connectivity index (χ0n) is 13.4. The molecule has 0 aliphatic heterocycles. The van der Waals surface area contributed by atoms with Crippen molar-refractivity contribution < 1.29 is 9.21 Å². The molecule has 0 spiro atoms. The molecule has 0 aliphatic rings. The van der Waals surface area contributed by atoms with E-state index >= 15 is 0 Å². The molecule has 0 saturated heterocycles. The second-order valence-corrected chi connectivity index (χ2v) is 5.66. The summed E-state index contributed by atoms with van der Waals surface area (Å²) in [6.45, 7) is 4.37. The molecule has 0 aliphatic carbocycles. The van der Waals surface area contributed by atoms with Crippen molar-refractivity contribution in [1.29, 1.82) is 0 Å². The van der Waals surface area contributed by atoms with Crippen LogP contribution in [0.4, 0.5) is 0 Å². The highest BCUT2D eigenvalue weighted by atomic mass is 79.9. The van der Waals surface area contributed by atoms with E-state index in [4.69, 9.17) is 4.42 Å². The zero-order chi connectivity index (χ0) is 15.8. The molecule has 0 fully saturated rings. The number of aromatic nitrogens is 1. The Kier molecular flexibility index (Phi) is 11.8. The van der Waals surface area contributed by atoms with Gasteiger partial charge in [-0.15, -0.1) is 24.8 Å². The average Bonchev–Trinajstić information content (AvgIpc) is 2.99. The van der Waals surface area contributed by atoms with Crippen LogP contribution in [0.2, 0.25) is 0 Å². The first-order valence-corrected chi connectivity index (χ1v) is 8.17. The van der Waals surface area contributed by atoms with Gasteiger partial charge in [-0.25, -0.2) is 4.98 Å². The molecule has 1 aromatic heterocycles. The van der Waals surface area contributed by atoms with E-state index in [0.717, 1.165) is 23.1 Å². The number of rotatable bonds is 8. The van der Waals surface area contributed by atoms with Crippen molar-refractivity contribution in [3.8, 4) is 11.3 Å². The van der Waals surface area contributed by atoms with E-state index in [1.165, 1.54) is 0 Å². The molecule has 0 bridgehead atoms. The topological polar surface area (TPSA) is 67.2 Å².